The molecule has 0 amide bonds. The first-order valence-electron chi connectivity index (χ1n) is 6.51. The van der Waals surface area contributed by atoms with Crippen LogP contribution in [0.5, 0.6) is 0 Å². The van der Waals surface area contributed by atoms with Crippen molar-refractivity contribution in [2.24, 2.45) is 5.92 Å². The summed E-state index contributed by atoms with van der Waals surface area (Å²) < 4.78 is 0. The van der Waals surface area contributed by atoms with Gasteiger partial charge in [-0.1, -0.05) is 26.7 Å². The van der Waals surface area contributed by atoms with Crippen molar-refractivity contribution in [2.45, 2.75) is 63.7 Å². The van der Waals surface area contributed by atoms with Gasteiger partial charge in [-0.25, -0.2) is 0 Å². The molecule has 0 aliphatic heterocycles. The zero-order chi connectivity index (χ0) is 11.1. The number of nitrogens with one attached hydrogen (secondary N) is 1. The molecule has 2 heteroatoms. The molecule has 1 aliphatic carbocycles. The van der Waals surface area contributed by atoms with E-state index in [0.29, 0.717) is 0 Å². The van der Waals surface area contributed by atoms with Gasteiger partial charge in [0.15, 0.2) is 0 Å². The highest BCUT2D eigenvalue weighted by Crippen LogP contribution is 2.30. The molecule has 0 spiro atoms. The SMILES string of the molecule is CNC(CCC(C)C)CSC1CCCC1. The fraction of sp³-hybridized carbons (Fsp3) is 1.00. The summed E-state index contributed by atoms with van der Waals surface area (Å²) in [6.45, 7) is 4.63. The smallest absolute Gasteiger partial charge is 0.0155 e. The lowest BCUT2D eigenvalue weighted by atomic mass is 10.0. The zero-order valence-corrected chi connectivity index (χ0v) is 11.4. The molecule has 1 atom stereocenters. The Morgan fingerprint density at radius 1 is 1.20 bits per heavy atom. The van der Waals surface area contributed by atoms with Crippen molar-refractivity contribution in [1.29, 1.82) is 0 Å². The summed E-state index contributed by atoms with van der Waals surface area (Å²) >= 11 is 2.21. The minimum Gasteiger partial charge on any atom is -0.316 e. The quantitative estimate of drug-likeness (QED) is 0.714. The van der Waals surface area contributed by atoms with Crippen LogP contribution in [0.4, 0.5) is 0 Å². The number of thioether (sulfide) groups is 1. The molecule has 0 radical (unpaired) electrons. The maximum absolute atomic E-state index is 3.46. The molecular weight excluding hydrogens is 202 g/mol. The highest BCUT2D eigenvalue weighted by molar-refractivity contribution is 7.99. The average molecular weight is 229 g/mol. The summed E-state index contributed by atoms with van der Waals surface area (Å²) in [6.07, 6.45) is 8.56. The number of hydrogen-bond donors (Lipinski definition) is 1. The molecular formula is C13H27NS. The second kappa shape index (κ2) is 7.56. The number of hydrogen-bond acceptors (Lipinski definition) is 2. The average Bonchev–Trinajstić information content (AvgIpc) is 2.70. The van der Waals surface area contributed by atoms with Crippen LogP contribution in [0.2, 0.25) is 0 Å². The van der Waals surface area contributed by atoms with Gasteiger partial charge in [0.1, 0.15) is 0 Å². The van der Waals surface area contributed by atoms with Gasteiger partial charge in [-0.15, -0.1) is 0 Å². The zero-order valence-electron chi connectivity index (χ0n) is 10.6. The molecule has 1 rings (SSSR count). The van der Waals surface area contributed by atoms with Crippen LogP contribution in [-0.2, 0) is 0 Å². The van der Waals surface area contributed by atoms with Crippen molar-refractivity contribution < 1.29 is 0 Å². The van der Waals surface area contributed by atoms with Crippen LogP contribution in [0.3, 0.4) is 0 Å². The Labute approximate surface area is 99.8 Å². The van der Waals surface area contributed by atoms with E-state index in [1.807, 2.05) is 0 Å². The minimum atomic E-state index is 0.734. The first kappa shape index (κ1) is 13.4. The minimum absolute atomic E-state index is 0.734. The molecule has 0 aromatic carbocycles. The van der Waals surface area contributed by atoms with Crippen LogP contribution in [-0.4, -0.2) is 24.1 Å². The summed E-state index contributed by atoms with van der Waals surface area (Å²) in [7, 11) is 2.11. The molecule has 0 bridgehead atoms. The molecule has 1 nitrogen and oxygen atoms in total. The predicted octanol–water partition coefficient (Wildman–Crippen LogP) is 3.69. The summed E-state index contributed by atoms with van der Waals surface area (Å²) in [5.41, 5.74) is 0. The standard InChI is InChI=1S/C13H27NS/c1-11(2)8-9-12(14-3)10-15-13-6-4-5-7-13/h11-14H,4-10H2,1-3H3. The summed E-state index contributed by atoms with van der Waals surface area (Å²) in [5, 5.41) is 4.43. The van der Waals surface area contributed by atoms with Crippen LogP contribution < -0.4 is 5.32 Å². The van der Waals surface area contributed by atoms with Crippen molar-refractivity contribution in [2.75, 3.05) is 12.8 Å². The van der Waals surface area contributed by atoms with E-state index in [4.69, 9.17) is 0 Å². The number of rotatable bonds is 7. The Bertz CT molecular complexity index is 153. The molecule has 1 saturated carbocycles. The van der Waals surface area contributed by atoms with Gasteiger partial charge in [0.05, 0.1) is 0 Å². The third-order valence-corrected chi connectivity index (χ3v) is 4.87. The molecule has 1 fully saturated rings. The third-order valence-electron chi connectivity index (χ3n) is 3.34. The van der Waals surface area contributed by atoms with Crippen LogP contribution in [0, 0.1) is 5.92 Å². The van der Waals surface area contributed by atoms with Crippen LogP contribution in [0.15, 0.2) is 0 Å². The Morgan fingerprint density at radius 2 is 1.87 bits per heavy atom. The van der Waals surface area contributed by atoms with E-state index in [-0.39, 0.29) is 0 Å². The molecule has 1 N–H and O–H groups in total. The molecule has 0 aromatic heterocycles. The highest BCUT2D eigenvalue weighted by Gasteiger charge is 2.17. The Balaban J connectivity index is 2.09. The lowest BCUT2D eigenvalue weighted by Crippen LogP contribution is -2.28. The van der Waals surface area contributed by atoms with Gasteiger partial charge in [-0.2, -0.15) is 11.8 Å². The van der Waals surface area contributed by atoms with Crippen LogP contribution in [0.1, 0.15) is 52.4 Å². The summed E-state index contributed by atoms with van der Waals surface area (Å²) in [5.74, 6) is 2.16. The van der Waals surface area contributed by atoms with E-state index in [1.165, 1.54) is 44.3 Å². The van der Waals surface area contributed by atoms with Gasteiger partial charge >= 0.3 is 0 Å². The van der Waals surface area contributed by atoms with Gasteiger partial charge in [-0.3, -0.25) is 0 Å². The van der Waals surface area contributed by atoms with Gasteiger partial charge in [0.2, 0.25) is 0 Å². The van der Waals surface area contributed by atoms with E-state index >= 15 is 0 Å². The van der Waals surface area contributed by atoms with E-state index in [2.05, 4.69) is 38.0 Å². The van der Waals surface area contributed by atoms with E-state index in [9.17, 15) is 0 Å². The normalized spacial score (nSPS) is 20.0. The summed E-state index contributed by atoms with van der Waals surface area (Å²) in [6, 6.07) is 0.734. The fourth-order valence-electron chi connectivity index (χ4n) is 2.15. The van der Waals surface area contributed by atoms with E-state index in [0.717, 1.165) is 17.2 Å². The first-order chi connectivity index (χ1) is 7.22. The highest BCUT2D eigenvalue weighted by atomic mass is 32.2. The van der Waals surface area contributed by atoms with Gasteiger partial charge < -0.3 is 5.32 Å². The third kappa shape index (κ3) is 5.82. The van der Waals surface area contributed by atoms with Crippen molar-refractivity contribution in [3.8, 4) is 0 Å². The van der Waals surface area contributed by atoms with Crippen molar-refractivity contribution in [3.63, 3.8) is 0 Å². The first-order valence-corrected chi connectivity index (χ1v) is 7.56. The van der Waals surface area contributed by atoms with Gasteiger partial charge in [0, 0.05) is 17.0 Å². The molecule has 1 aliphatic rings. The maximum atomic E-state index is 3.46. The van der Waals surface area contributed by atoms with Crippen molar-refractivity contribution in [3.05, 3.63) is 0 Å². The molecule has 90 valence electrons. The second-order valence-corrected chi connectivity index (χ2v) is 6.53. The van der Waals surface area contributed by atoms with Crippen LogP contribution in [0.25, 0.3) is 0 Å². The molecule has 0 heterocycles. The lowest BCUT2D eigenvalue weighted by Gasteiger charge is -2.19. The molecule has 0 saturated heterocycles. The predicted molar refractivity (Wildman–Crippen MR) is 71.6 cm³/mol. The van der Waals surface area contributed by atoms with Gasteiger partial charge in [-0.05, 0) is 38.6 Å². The summed E-state index contributed by atoms with van der Waals surface area (Å²) in [4.78, 5) is 0. The van der Waals surface area contributed by atoms with Crippen molar-refractivity contribution in [1.82, 2.24) is 5.32 Å². The second-order valence-electron chi connectivity index (χ2n) is 5.20. The van der Waals surface area contributed by atoms with Crippen LogP contribution >= 0.6 is 11.8 Å². The molecule has 1 unspecified atom stereocenters. The molecule has 15 heavy (non-hydrogen) atoms. The van der Waals surface area contributed by atoms with Gasteiger partial charge in [0.25, 0.3) is 0 Å². The largest absolute Gasteiger partial charge is 0.316 e. The lowest BCUT2D eigenvalue weighted by molar-refractivity contribution is 0.479. The maximum Gasteiger partial charge on any atom is 0.0155 e. The van der Waals surface area contributed by atoms with E-state index in [1.54, 1.807) is 0 Å². The Morgan fingerprint density at radius 3 is 2.40 bits per heavy atom. The topological polar surface area (TPSA) is 12.0 Å². The Kier molecular flexibility index (Phi) is 6.74. The van der Waals surface area contributed by atoms with E-state index < -0.39 is 0 Å². The van der Waals surface area contributed by atoms with Crippen molar-refractivity contribution >= 4 is 11.8 Å². The Hall–Kier alpha value is 0.310. The molecule has 0 aromatic rings. The monoisotopic (exact) mass is 229 g/mol. The fourth-order valence-corrected chi connectivity index (χ4v) is 3.66.